The molecule has 23 heavy (non-hydrogen) atoms. The van der Waals surface area contributed by atoms with Crippen LogP contribution in [0.2, 0.25) is 0 Å². The lowest BCUT2D eigenvalue weighted by atomic mass is 9.82. The lowest BCUT2D eigenvalue weighted by molar-refractivity contribution is -0.147. The van der Waals surface area contributed by atoms with Gasteiger partial charge in [0.2, 0.25) is 0 Å². The van der Waals surface area contributed by atoms with Gasteiger partial charge in [-0.05, 0) is 52.0 Å². The second-order valence-electron chi connectivity index (χ2n) is 7.63. The first kappa shape index (κ1) is 19.5. The molecule has 0 heterocycles. The van der Waals surface area contributed by atoms with Gasteiger partial charge in [0, 0.05) is 18.9 Å². The van der Waals surface area contributed by atoms with E-state index in [1.54, 1.807) is 0 Å². The highest BCUT2D eigenvalue weighted by molar-refractivity contribution is 5.68. The van der Waals surface area contributed by atoms with E-state index in [4.69, 9.17) is 9.47 Å². The fourth-order valence-corrected chi connectivity index (χ4v) is 2.88. The Labute approximate surface area is 139 Å². The molecule has 132 valence electrons. The molecular weight excluding hydrogens is 294 g/mol. The zero-order chi connectivity index (χ0) is 17.6. The first-order valence-electron chi connectivity index (χ1n) is 8.42. The molecule has 0 aromatic heterocycles. The van der Waals surface area contributed by atoms with Gasteiger partial charge in [0.15, 0.2) is 0 Å². The second-order valence-corrected chi connectivity index (χ2v) is 7.63. The molecule has 0 radical (unpaired) electrons. The van der Waals surface area contributed by atoms with Crippen molar-refractivity contribution in [2.24, 2.45) is 11.8 Å². The van der Waals surface area contributed by atoms with Crippen LogP contribution in [-0.2, 0) is 14.3 Å². The highest BCUT2D eigenvalue weighted by Crippen LogP contribution is 2.28. The van der Waals surface area contributed by atoms with Gasteiger partial charge in [0.25, 0.3) is 0 Å². The minimum atomic E-state index is -0.534. The number of esters is 1. The van der Waals surface area contributed by atoms with Crippen molar-refractivity contribution in [2.75, 3.05) is 0 Å². The average Bonchev–Trinajstić information content (AvgIpc) is 2.35. The summed E-state index contributed by atoms with van der Waals surface area (Å²) in [5.41, 5.74) is -0.534. The third kappa shape index (κ3) is 7.53. The van der Waals surface area contributed by atoms with Gasteiger partial charge in [0.1, 0.15) is 11.7 Å². The number of rotatable bonds is 5. The maximum atomic E-state index is 12.2. The fraction of sp³-hybridized carbons (Fsp3) is 0.778. The van der Waals surface area contributed by atoms with Crippen molar-refractivity contribution in [1.29, 1.82) is 0 Å². The zero-order valence-corrected chi connectivity index (χ0v) is 15.2. The van der Waals surface area contributed by atoms with E-state index < -0.39 is 11.7 Å². The van der Waals surface area contributed by atoms with Crippen molar-refractivity contribution in [3.8, 4) is 0 Å². The molecule has 3 atom stereocenters. The first-order valence-corrected chi connectivity index (χ1v) is 8.42. The normalized spacial score (nSPS) is 22.6. The smallest absolute Gasteiger partial charge is 0.407 e. The summed E-state index contributed by atoms with van der Waals surface area (Å²) in [5, 5.41) is 2.99. The predicted molar refractivity (Wildman–Crippen MR) is 90.0 cm³/mol. The van der Waals surface area contributed by atoms with Crippen LogP contribution in [0.4, 0.5) is 4.79 Å². The number of carbonyl (C=O) groups is 2. The van der Waals surface area contributed by atoms with Crippen molar-refractivity contribution in [1.82, 2.24) is 5.32 Å². The molecule has 1 rings (SSSR count). The van der Waals surface area contributed by atoms with Gasteiger partial charge in [-0.2, -0.15) is 0 Å². The minimum Gasteiger partial charge on any atom is -0.458 e. The molecule has 0 aromatic rings. The molecular formula is C18H31NO4. The number of allylic oxidation sites excluding steroid dienone is 1. The fourth-order valence-electron chi connectivity index (χ4n) is 2.88. The van der Waals surface area contributed by atoms with Crippen molar-refractivity contribution in [3.05, 3.63) is 12.2 Å². The van der Waals surface area contributed by atoms with E-state index in [1.807, 2.05) is 32.9 Å². The van der Waals surface area contributed by atoms with Gasteiger partial charge in [-0.1, -0.05) is 19.9 Å². The van der Waals surface area contributed by atoms with Gasteiger partial charge in [0.05, 0.1) is 0 Å². The van der Waals surface area contributed by atoms with E-state index in [2.05, 4.69) is 19.2 Å². The van der Waals surface area contributed by atoms with Crippen LogP contribution in [0.1, 0.15) is 60.8 Å². The molecule has 1 aliphatic rings. The predicted octanol–water partition coefficient (Wildman–Crippen LogP) is 3.82. The number of ether oxygens (including phenoxy) is 2. The minimum absolute atomic E-state index is 0.0684. The van der Waals surface area contributed by atoms with Gasteiger partial charge in [-0.25, -0.2) is 4.79 Å². The third-order valence-electron chi connectivity index (χ3n) is 3.66. The Bertz CT molecular complexity index is 437. The monoisotopic (exact) mass is 325 g/mol. The summed E-state index contributed by atoms with van der Waals surface area (Å²) in [7, 11) is 0. The Hall–Kier alpha value is -1.52. The molecule has 0 saturated heterocycles. The van der Waals surface area contributed by atoms with Crippen LogP contribution in [0.25, 0.3) is 0 Å². The number of hydrogen-bond acceptors (Lipinski definition) is 4. The molecule has 1 N–H and O–H groups in total. The van der Waals surface area contributed by atoms with Crippen molar-refractivity contribution < 1.29 is 19.1 Å². The summed E-state index contributed by atoms with van der Waals surface area (Å²) in [5.74, 6) is 0.185. The Morgan fingerprint density at radius 1 is 1.30 bits per heavy atom. The molecule has 0 spiro atoms. The Morgan fingerprint density at radius 3 is 2.48 bits per heavy atom. The number of hydrogen-bond donors (Lipinski definition) is 1. The maximum Gasteiger partial charge on any atom is 0.407 e. The van der Waals surface area contributed by atoms with E-state index >= 15 is 0 Å². The Morgan fingerprint density at radius 2 is 1.96 bits per heavy atom. The van der Waals surface area contributed by atoms with Crippen LogP contribution >= 0.6 is 0 Å². The quantitative estimate of drug-likeness (QED) is 0.616. The van der Waals surface area contributed by atoms with Crippen LogP contribution in [-0.4, -0.2) is 29.8 Å². The van der Waals surface area contributed by atoms with Gasteiger partial charge < -0.3 is 14.8 Å². The maximum absolute atomic E-state index is 12.2. The molecule has 0 unspecified atom stereocenters. The van der Waals surface area contributed by atoms with E-state index in [9.17, 15) is 9.59 Å². The van der Waals surface area contributed by atoms with Crippen LogP contribution in [0.15, 0.2) is 12.2 Å². The molecule has 0 aromatic carbocycles. The number of nitrogens with one attached hydrogen (secondary N) is 1. The van der Waals surface area contributed by atoms with Gasteiger partial charge in [-0.15, -0.1) is 0 Å². The van der Waals surface area contributed by atoms with Crippen LogP contribution in [0.3, 0.4) is 0 Å². The van der Waals surface area contributed by atoms with Crippen molar-refractivity contribution >= 4 is 12.1 Å². The molecule has 0 bridgehead atoms. The van der Waals surface area contributed by atoms with E-state index in [-0.39, 0.29) is 24.0 Å². The summed E-state index contributed by atoms with van der Waals surface area (Å²) >= 11 is 0. The zero-order valence-electron chi connectivity index (χ0n) is 15.2. The van der Waals surface area contributed by atoms with E-state index in [0.29, 0.717) is 5.92 Å². The van der Waals surface area contributed by atoms with Crippen LogP contribution in [0.5, 0.6) is 0 Å². The number of amides is 1. The van der Waals surface area contributed by atoms with Gasteiger partial charge >= 0.3 is 12.1 Å². The largest absolute Gasteiger partial charge is 0.458 e. The molecule has 0 saturated carbocycles. The summed E-state index contributed by atoms with van der Waals surface area (Å²) in [4.78, 5) is 23.5. The molecule has 1 aliphatic carbocycles. The Balaban J connectivity index is 2.84. The topological polar surface area (TPSA) is 64.6 Å². The standard InChI is InChI=1S/C18H31NO4/c1-12(2)11-15(19-17(21)23-18(4,5)6)14-9-7-8-10-16(14)22-13(3)20/h8,10,12,14-16H,7,9,11H2,1-6H3,(H,19,21)/t14-,15-,16-/m1/s1. The third-order valence-corrected chi connectivity index (χ3v) is 3.66. The van der Waals surface area contributed by atoms with Crippen LogP contribution < -0.4 is 5.32 Å². The van der Waals surface area contributed by atoms with Crippen molar-refractivity contribution in [2.45, 2.75) is 78.6 Å². The summed E-state index contributed by atoms with van der Waals surface area (Å²) in [6.07, 6.45) is 5.87. The average molecular weight is 325 g/mol. The summed E-state index contributed by atoms with van der Waals surface area (Å²) in [6, 6.07) is -0.0841. The van der Waals surface area contributed by atoms with Crippen LogP contribution in [0, 0.1) is 11.8 Å². The molecule has 1 amide bonds. The molecule has 0 fully saturated rings. The first-order chi connectivity index (χ1) is 10.6. The SMILES string of the molecule is CC(=O)O[C@@H]1C=CCC[C@@H]1[C@@H](CC(C)C)NC(=O)OC(C)(C)C. The lowest BCUT2D eigenvalue weighted by Gasteiger charge is -2.35. The van der Waals surface area contributed by atoms with Gasteiger partial charge in [-0.3, -0.25) is 4.79 Å². The lowest BCUT2D eigenvalue weighted by Crippen LogP contribution is -2.48. The highest BCUT2D eigenvalue weighted by Gasteiger charge is 2.34. The molecule has 5 heteroatoms. The Kier molecular flexibility index (Phi) is 7.10. The highest BCUT2D eigenvalue weighted by atomic mass is 16.6. The number of alkyl carbamates (subject to hydrolysis) is 1. The summed E-state index contributed by atoms with van der Waals surface area (Å²) < 4.78 is 10.8. The second kappa shape index (κ2) is 8.37. The van der Waals surface area contributed by atoms with E-state index in [0.717, 1.165) is 19.3 Å². The number of carbonyl (C=O) groups excluding carboxylic acids is 2. The summed E-state index contributed by atoms with van der Waals surface area (Å²) in [6.45, 7) is 11.2. The molecule has 5 nitrogen and oxygen atoms in total. The molecule has 0 aliphatic heterocycles. The van der Waals surface area contributed by atoms with Crippen molar-refractivity contribution in [3.63, 3.8) is 0 Å². The van der Waals surface area contributed by atoms with E-state index in [1.165, 1.54) is 6.92 Å².